The van der Waals surface area contributed by atoms with Crippen molar-refractivity contribution in [2.24, 2.45) is 0 Å². The van der Waals surface area contributed by atoms with Crippen LogP contribution in [0.25, 0.3) is 0 Å². The van der Waals surface area contributed by atoms with Gasteiger partial charge in [0, 0.05) is 11.1 Å². The molecule has 0 saturated heterocycles. The number of nitrogens with zero attached hydrogens (tertiary/aromatic N) is 1. The van der Waals surface area contributed by atoms with Gasteiger partial charge < -0.3 is 5.73 Å². The Hall–Kier alpha value is -1.67. The van der Waals surface area contributed by atoms with E-state index in [1.807, 2.05) is 0 Å². The quantitative estimate of drug-likeness (QED) is 0.845. The Balaban J connectivity index is 2.43. The molecular weight excluding hydrogens is 277 g/mol. The molecule has 0 fully saturated rings. The number of thiazole rings is 1. The molecule has 0 spiro atoms. The summed E-state index contributed by atoms with van der Waals surface area (Å²) < 4.78 is 39.7. The van der Waals surface area contributed by atoms with Crippen molar-refractivity contribution in [2.45, 2.75) is 11.8 Å². The minimum absolute atomic E-state index is 0.143. The van der Waals surface area contributed by atoms with E-state index < -0.39 is 20.7 Å². The number of aromatic nitrogens is 1. The SMILES string of the molecule is Cc1cnc(NS(=O)(=O)c2c(N)cccc2F)s1. The lowest BCUT2D eigenvalue weighted by molar-refractivity contribution is 0.572. The molecule has 8 heteroatoms. The molecule has 1 aromatic heterocycles. The van der Waals surface area contributed by atoms with Gasteiger partial charge in [0.25, 0.3) is 10.0 Å². The Morgan fingerprint density at radius 2 is 2.17 bits per heavy atom. The van der Waals surface area contributed by atoms with Crippen molar-refractivity contribution < 1.29 is 12.8 Å². The van der Waals surface area contributed by atoms with E-state index in [0.29, 0.717) is 0 Å². The number of halogens is 1. The fourth-order valence-corrected chi connectivity index (χ4v) is 3.48. The summed E-state index contributed by atoms with van der Waals surface area (Å²) in [6, 6.07) is 3.71. The fraction of sp³-hybridized carbons (Fsp3) is 0.100. The lowest BCUT2D eigenvalue weighted by atomic mass is 10.3. The van der Waals surface area contributed by atoms with E-state index >= 15 is 0 Å². The normalized spacial score (nSPS) is 11.4. The van der Waals surface area contributed by atoms with Crippen LogP contribution in [0, 0.1) is 12.7 Å². The Kier molecular flexibility index (Phi) is 3.22. The van der Waals surface area contributed by atoms with Gasteiger partial charge >= 0.3 is 0 Å². The predicted octanol–water partition coefficient (Wildman–Crippen LogP) is 1.97. The number of benzene rings is 1. The van der Waals surface area contributed by atoms with Gasteiger partial charge in [-0.15, -0.1) is 11.3 Å². The predicted molar refractivity (Wildman–Crippen MR) is 68.5 cm³/mol. The smallest absolute Gasteiger partial charge is 0.268 e. The average Bonchev–Trinajstić information content (AvgIpc) is 2.62. The number of nitrogens with one attached hydrogen (secondary N) is 1. The number of aryl methyl sites for hydroxylation is 1. The van der Waals surface area contributed by atoms with E-state index in [-0.39, 0.29) is 10.8 Å². The lowest BCUT2D eigenvalue weighted by Crippen LogP contribution is -2.16. The van der Waals surface area contributed by atoms with Crippen molar-refractivity contribution in [3.05, 3.63) is 35.1 Å². The number of anilines is 2. The van der Waals surface area contributed by atoms with Crippen molar-refractivity contribution in [1.82, 2.24) is 4.98 Å². The molecule has 0 bridgehead atoms. The van der Waals surface area contributed by atoms with Crippen LogP contribution in [-0.4, -0.2) is 13.4 Å². The van der Waals surface area contributed by atoms with Crippen LogP contribution < -0.4 is 10.5 Å². The van der Waals surface area contributed by atoms with E-state index in [1.165, 1.54) is 18.3 Å². The van der Waals surface area contributed by atoms with Gasteiger partial charge in [-0.3, -0.25) is 4.72 Å². The second-order valence-corrected chi connectivity index (χ2v) is 6.39. The molecule has 2 rings (SSSR count). The van der Waals surface area contributed by atoms with Crippen LogP contribution in [0.15, 0.2) is 29.3 Å². The van der Waals surface area contributed by atoms with Crippen LogP contribution in [0.5, 0.6) is 0 Å². The highest BCUT2D eigenvalue weighted by atomic mass is 32.2. The van der Waals surface area contributed by atoms with Gasteiger partial charge in [0.05, 0.1) is 5.69 Å². The highest BCUT2D eigenvalue weighted by molar-refractivity contribution is 7.93. The monoisotopic (exact) mass is 287 g/mol. The van der Waals surface area contributed by atoms with E-state index in [9.17, 15) is 12.8 Å². The van der Waals surface area contributed by atoms with Crippen molar-refractivity contribution >= 4 is 32.2 Å². The second kappa shape index (κ2) is 4.54. The minimum atomic E-state index is -4.06. The fourth-order valence-electron chi connectivity index (χ4n) is 1.38. The van der Waals surface area contributed by atoms with Crippen molar-refractivity contribution in [3.8, 4) is 0 Å². The van der Waals surface area contributed by atoms with Crippen LogP contribution in [0.3, 0.4) is 0 Å². The summed E-state index contributed by atoms with van der Waals surface area (Å²) >= 11 is 1.16. The molecule has 1 aromatic carbocycles. The van der Waals surface area contributed by atoms with Gasteiger partial charge in [-0.1, -0.05) is 6.07 Å². The lowest BCUT2D eigenvalue weighted by Gasteiger charge is -2.08. The van der Waals surface area contributed by atoms with Crippen LogP contribution in [0.1, 0.15) is 4.88 Å². The molecule has 0 unspecified atom stereocenters. The van der Waals surface area contributed by atoms with Crippen LogP contribution in [0.2, 0.25) is 0 Å². The second-order valence-electron chi connectivity index (χ2n) is 3.54. The number of sulfonamides is 1. The number of hydrogen-bond acceptors (Lipinski definition) is 5. The Labute approximate surface area is 108 Å². The molecule has 0 aliphatic rings. The minimum Gasteiger partial charge on any atom is -0.398 e. The van der Waals surface area contributed by atoms with E-state index in [1.54, 1.807) is 6.92 Å². The van der Waals surface area contributed by atoms with E-state index in [2.05, 4.69) is 9.71 Å². The zero-order chi connectivity index (χ0) is 13.3. The van der Waals surface area contributed by atoms with Crippen LogP contribution >= 0.6 is 11.3 Å². The Bertz CT molecular complexity index is 662. The molecule has 3 N–H and O–H groups in total. The van der Waals surface area contributed by atoms with Crippen molar-refractivity contribution in [3.63, 3.8) is 0 Å². The zero-order valence-electron chi connectivity index (χ0n) is 9.34. The largest absolute Gasteiger partial charge is 0.398 e. The third-order valence-electron chi connectivity index (χ3n) is 2.11. The summed E-state index contributed by atoms with van der Waals surface area (Å²) in [6.07, 6.45) is 1.52. The summed E-state index contributed by atoms with van der Waals surface area (Å²) in [4.78, 5) is 4.14. The molecule has 2 aromatic rings. The molecule has 0 aliphatic carbocycles. The molecule has 0 amide bonds. The van der Waals surface area contributed by atoms with Gasteiger partial charge in [-0.25, -0.2) is 17.8 Å². The average molecular weight is 287 g/mol. The third-order valence-corrected chi connectivity index (χ3v) is 4.50. The molecule has 0 aliphatic heterocycles. The molecular formula is C10H10FN3O2S2. The topological polar surface area (TPSA) is 85.1 Å². The van der Waals surface area contributed by atoms with Crippen molar-refractivity contribution in [2.75, 3.05) is 10.5 Å². The molecule has 0 atom stereocenters. The first-order valence-electron chi connectivity index (χ1n) is 4.89. The van der Waals surface area contributed by atoms with Gasteiger partial charge in [0.2, 0.25) is 0 Å². The molecule has 1 heterocycles. The Morgan fingerprint density at radius 3 is 2.72 bits per heavy atom. The van der Waals surface area contributed by atoms with Gasteiger partial charge in [0.15, 0.2) is 5.13 Å². The molecule has 0 saturated carbocycles. The number of hydrogen-bond donors (Lipinski definition) is 2. The summed E-state index contributed by atoms with van der Waals surface area (Å²) in [6.45, 7) is 1.78. The van der Waals surface area contributed by atoms with Gasteiger partial charge in [-0.2, -0.15) is 0 Å². The first-order chi connectivity index (χ1) is 8.40. The first-order valence-corrected chi connectivity index (χ1v) is 7.19. The maximum absolute atomic E-state index is 13.5. The first kappa shape index (κ1) is 12.8. The highest BCUT2D eigenvalue weighted by Crippen LogP contribution is 2.26. The number of nitrogen functional groups attached to an aromatic ring is 1. The van der Waals surface area contributed by atoms with Crippen molar-refractivity contribution in [1.29, 1.82) is 0 Å². The van der Waals surface area contributed by atoms with Gasteiger partial charge in [-0.05, 0) is 19.1 Å². The van der Waals surface area contributed by atoms with E-state index in [4.69, 9.17) is 5.73 Å². The molecule has 96 valence electrons. The van der Waals surface area contributed by atoms with Gasteiger partial charge in [0.1, 0.15) is 10.7 Å². The molecule has 18 heavy (non-hydrogen) atoms. The van der Waals surface area contributed by atoms with Crippen LogP contribution in [0.4, 0.5) is 15.2 Å². The van der Waals surface area contributed by atoms with E-state index in [0.717, 1.165) is 22.3 Å². The summed E-state index contributed by atoms with van der Waals surface area (Å²) in [5.41, 5.74) is 5.35. The summed E-state index contributed by atoms with van der Waals surface area (Å²) in [5, 5.41) is 0.176. The third kappa shape index (κ3) is 2.44. The summed E-state index contributed by atoms with van der Waals surface area (Å²) in [7, 11) is -4.06. The Morgan fingerprint density at radius 1 is 1.44 bits per heavy atom. The maximum atomic E-state index is 13.5. The maximum Gasteiger partial charge on any atom is 0.268 e. The molecule has 5 nitrogen and oxygen atoms in total. The highest BCUT2D eigenvalue weighted by Gasteiger charge is 2.23. The number of nitrogens with two attached hydrogens (primary N) is 1. The standard InChI is InChI=1S/C10H10FN3O2S2/c1-6-5-13-10(17-6)14-18(15,16)9-7(11)3-2-4-8(9)12/h2-5H,12H2,1H3,(H,13,14). The number of rotatable bonds is 3. The molecule has 0 radical (unpaired) electrons. The zero-order valence-corrected chi connectivity index (χ0v) is 11.0. The summed E-state index contributed by atoms with van der Waals surface area (Å²) in [5.74, 6) is -0.893. The van der Waals surface area contributed by atoms with Crippen LogP contribution in [-0.2, 0) is 10.0 Å².